The average molecular weight is 399 g/mol. The maximum absolute atomic E-state index is 11.0. The topological polar surface area (TPSA) is 91.0 Å². The second-order valence-electron chi connectivity index (χ2n) is 6.62. The molecule has 146 valence electrons. The molecule has 28 heavy (non-hydrogen) atoms. The highest BCUT2D eigenvalue weighted by Gasteiger charge is 2.20. The van der Waals surface area contributed by atoms with Crippen LogP contribution < -0.4 is 4.90 Å². The molecule has 2 aliphatic rings. The molecule has 0 N–H and O–H groups in total. The number of benzene rings is 1. The maximum Gasteiger partial charge on any atom is 0.270 e. The standard InChI is InChI=1S/C18H21N7O2S/c26-25(27)15-3-4-16-17(13-15)28-24(14-21-16)8-2-7-22-9-11-23(12-10-22)18-19-5-1-6-20-18/h1,3-6,13-14H,2,7-12H2. The maximum atomic E-state index is 11.0. The summed E-state index contributed by atoms with van der Waals surface area (Å²) in [4.78, 5) is 29.1. The van der Waals surface area contributed by atoms with E-state index in [0.29, 0.717) is 0 Å². The van der Waals surface area contributed by atoms with Crippen molar-refractivity contribution in [2.45, 2.75) is 11.3 Å². The molecule has 1 fully saturated rings. The highest BCUT2D eigenvalue weighted by atomic mass is 32.2. The molecule has 10 heteroatoms. The summed E-state index contributed by atoms with van der Waals surface area (Å²) < 4.78 is 2.04. The van der Waals surface area contributed by atoms with Crippen molar-refractivity contribution in [3.63, 3.8) is 0 Å². The zero-order chi connectivity index (χ0) is 19.3. The largest absolute Gasteiger partial charge is 0.338 e. The van der Waals surface area contributed by atoms with Gasteiger partial charge in [0.15, 0.2) is 0 Å². The summed E-state index contributed by atoms with van der Waals surface area (Å²) in [5, 5.41) is 11.0. The molecule has 0 aliphatic carbocycles. The Labute approximate surface area is 167 Å². The SMILES string of the molecule is O=[N+]([O-])c1ccc2c(c1)SN(CCCN1CCN(c3ncccn3)CC1)C=N2. The second kappa shape index (κ2) is 8.53. The number of nitrogens with zero attached hydrogens (tertiary/aromatic N) is 7. The zero-order valence-electron chi connectivity index (χ0n) is 15.3. The lowest BCUT2D eigenvalue weighted by atomic mass is 10.3. The molecule has 0 atom stereocenters. The Morgan fingerprint density at radius 3 is 2.64 bits per heavy atom. The predicted octanol–water partition coefficient (Wildman–Crippen LogP) is 2.58. The lowest BCUT2D eigenvalue weighted by Crippen LogP contribution is -2.47. The van der Waals surface area contributed by atoms with Crippen LogP contribution in [0.4, 0.5) is 17.3 Å². The number of anilines is 1. The predicted molar refractivity (Wildman–Crippen MR) is 109 cm³/mol. The van der Waals surface area contributed by atoms with Gasteiger partial charge in [-0.25, -0.2) is 15.0 Å². The van der Waals surface area contributed by atoms with Crippen LogP contribution in [-0.2, 0) is 0 Å². The Morgan fingerprint density at radius 1 is 1.11 bits per heavy atom. The van der Waals surface area contributed by atoms with E-state index in [4.69, 9.17) is 0 Å². The van der Waals surface area contributed by atoms with E-state index in [2.05, 4.69) is 24.8 Å². The summed E-state index contributed by atoms with van der Waals surface area (Å²) in [6, 6.07) is 6.61. The Bertz CT molecular complexity index is 856. The van der Waals surface area contributed by atoms with Crippen molar-refractivity contribution in [1.82, 2.24) is 19.2 Å². The molecule has 9 nitrogen and oxygen atoms in total. The van der Waals surface area contributed by atoms with Gasteiger partial charge in [-0.3, -0.25) is 15.0 Å². The lowest BCUT2D eigenvalue weighted by molar-refractivity contribution is -0.385. The number of hydrogen-bond acceptors (Lipinski definition) is 9. The van der Waals surface area contributed by atoms with E-state index >= 15 is 0 Å². The van der Waals surface area contributed by atoms with Crippen LogP contribution in [0.5, 0.6) is 0 Å². The summed E-state index contributed by atoms with van der Waals surface area (Å²) in [6.07, 6.45) is 6.37. The molecule has 0 radical (unpaired) electrons. The normalized spacial score (nSPS) is 16.9. The van der Waals surface area contributed by atoms with Crippen LogP contribution in [0, 0.1) is 10.1 Å². The first kappa shape index (κ1) is 18.6. The molecular weight excluding hydrogens is 378 g/mol. The number of fused-ring (bicyclic) bond motifs is 1. The number of nitro groups is 1. The van der Waals surface area contributed by atoms with E-state index in [0.717, 1.165) is 62.2 Å². The fourth-order valence-electron chi connectivity index (χ4n) is 3.25. The van der Waals surface area contributed by atoms with Gasteiger partial charge in [0.25, 0.3) is 5.69 Å². The molecule has 2 aliphatic heterocycles. The van der Waals surface area contributed by atoms with E-state index in [9.17, 15) is 10.1 Å². The third-order valence-electron chi connectivity index (χ3n) is 4.76. The first-order valence-corrected chi connectivity index (χ1v) is 9.98. The monoisotopic (exact) mass is 399 g/mol. The molecule has 4 rings (SSSR count). The Morgan fingerprint density at radius 2 is 1.89 bits per heavy atom. The molecule has 0 spiro atoms. The van der Waals surface area contributed by atoms with E-state index in [1.54, 1.807) is 24.5 Å². The van der Waals surface area contributed by atoms with Crippen LogP contribution in [0.25, 0.3) is 0 Å². The molecule has 1 aromatic heterocycles. The summed E-state index contributed by atoms with van der Waals surface area (Å²) in [7, 11) is 0. The smallest absolute Gasteiger partial charge is 0.270 e. The number of hydrogen-bond donors (Lipinski definition) is 0. The van der Waals surface area contributed by atoms with Crippen LogP contribution in [0.2, 0.25) is 0 Å². The summed E-state index contributed by atoms with van der Waals surface area (Å²) >= 11 is 1.51. The number of aromatic nitrogens is 2. The van der Waals surface area contributed by atoms with E-state index < -0.39 is 0 Å². The number of aliphatic imine (C=N–C) groups is 1. The fourth-order valence-corrected chi connectivity index (χ4v) is 4.21. The van der Waals surface area contributed by atoms with Crippen LogP contribution >= 0.6 is 11.9 Å². The van der Waals surface area contributed by atoms with E-state index in [-0.39, 0.29) is 10.6 Å². The molecule has 3 heterocycles. The van der Waals surface area contributed by atoms with Gasteiger partial charge in [-0.15, -0.1) is 0 Å². The molecule has 0 bridgehead atoms. The van der Waals surface area contributed by atoms with Gasteiger partial charge in [0.05, 0.1) is 15.5 Å². The van der Waals surface area contributed by atoms with Crippen molar-refractivity contribution in [2.24, 2.45) is 4.99 Å². The van der Waals surface area contributed by atoms with Crippen molar-refractivity contribution in [1.29, 1.82) is 0 Å². The number of rotatable bonds is 6. The highest BCUT2D eigenvalue weighted by molar-refractivity contribution is 7.97. The third-order valence-corrected chi connectivity index (χ3v) is 5.79. The quantitative estimate of drug-likeness (QED) is 0.416. The molecular formula is C18H21N7O2S. The van der Waals surface area contributed by atoms with Gasteiger partial charge in [0.2, 0.25) is 5.95 Å². The first-order chi connectivity index (χ1) is 13.7. The van der Waals surface area contributed by atoms with Gasteiger partial charge in [-0.05, 0) is 30.5 Å². The van der Waals surface area contributed by atoms with Crippen molar-refractivity contribution < 1.29 is 4.92 Å². The molecule has 2 aromatic rings. The van der Waals surface area contributed by atoms with E-state index in [1.807, 2.05) is 16.7 Å². The van der Waals surface area contributed by atoms with Gasteiger partial charge in [0, 0.05) is 63.8 Å². The molecule has 1 aromatic carbocycles. The molecule has 0 saturated carbocycles. The van der Waals surface area contributed by atoms with Gasteiger partial charge < -0.3 is 9.21 Å². The second-order valence-corrected chi connectivity index (χ2v) is 7.71. The van der Waals surface area contributed by atoms with Crippen LogP contribution in [0.3, 0.4) is 0 Å². The molecule has 1 saturated heterocycles. The molecule has 0 amide bonds. The van der Waals surface area contributed by atoms with Gasteiger partial charge in [-0.2, -0.15) is 0 Å². The number of nitro benzene ring substituents is 1. The van der Waals surface area contributed by atoms with Gasteiger partial charge in [0.1, 0.15) is 6.34 Å². The third kappa shape index (κ3) is 4.39. The lowest BCUT2D eigenvalue weighted by Gasteiger charge is -2.35. The zero-order valence-corrected chi connectivity index (χ0v) is 16.2. The van der Waals surface area contributed by atoms with Crippen molar-refractivity contribution in [3.05, 3.63) is 46.8 Å². The van der Waals surface area contributed by atoms with Crippen LogP contribution in [0.1, 0.15) is 6.42 Å². The summed E-state index contributed by atoms with van der Waals surface area (Å²) in [5.41, 5.74) is 0.884. The van der Waals surface area contributed by atoms with Crippen LogP contribution in [0.15, 0.2) is 46.5 Å². The van der Waals surface area contributed by atoms with Crippen molar-refractivity contribution >= 4 is 35.6 Å². The van der Waals surface area contributed by atoms with Gasteiger partial charge >= 0.3 is 0 Å². The minimum Gasteiger partial charge on any atom is -0.338 e. The van der Waals surface area contributed by atoms with Crippen LogP contribution in [-0.4, -0.2) is 69.7 Å². The average Bonchev–Trinajstić information content (AvgIpc) is 2.74. The molecule has 0 unspecified atom stereocenters. The Kier molecular flexibility index (Phi) is 5.68. The highest BCUT2D eigenvalue weighted by Crippen LogP contribution is 2.37. The number of non-ortho nitro benzene ring substituents is 1. The minimum absolute atomic E-state index is 0.101. The fraction of sp³-hybridized carbons (Fsp3) is 0.389. The van der Waals surface area contributed by atoms with Gasteiger partial charge in [-0.1, -0.05) is 0 Å². The summed E-state index contributed by atoms with van der Waals surface area (Å²) in [6.45, 7) is 5.71. The van der Waals surface area contributed by atoms with Crippen molar-refractivity contribution in [2.75, 3.05) is 44.2 Å². The first-order valence-electron chi connectivity index (χ1n) is 9.20. The number of piperazine rings is 1. The van der Waals surface area contributed by atoms with Crippen molar-refractivity contribution in [3.8, 4) is 0 Å². The van der Waals surface area contributed by atoms with E-state index in [1.165, 1.54) is 18.0 Å². The minimum atomic E-state index is -0.371. The summed E-state index contributed by atoms with van der Waals surface area (Å²) in [5.74, 6) is 0.802. The Balaban J connectivity index is 1.22. The Hall–Kier alpha value is -2.72.